The predicted molar refractivity (Wildman–Crippen MR) is 75.0 cm³/mol. The Labute approximate surface area is 119 Å². The molecule has 20 heavy (non-hydrogen) atoms. The molecule has 0 spiro atoms. The van der Waals surface area contributed by atoms with Gasteiger partial charge in [-0.1, -0.05) is 19.3 Å². The first-order valence-electron chi connectivity index (χ1n) is 7.61. The van der Waals surface area contributed by atoms with E-state index in [-0.39, 0.29) is 30.5 Å². The zero-order valence-electron chi connectivity index (χ0n) is 11.9. The molecule has 0 unspecified atom stereocenters. The largest absolute Gasteiger partial charge is 0.364 e. The second-order valence-electron chi connectivity index (χ2n) is 5.68. The van der Waals surface area contributed by atoms with Crippen LogP contribution in [0.25, 0.3) is 0 Å². The van der Waals surface area contributed by atoms with Crippen molar-refractivity contribution in [3.63, 3.8) is 0 Å². The lowest BCUT2D eigenvalue weighted by atomic mass is 9.95. The van der Waals surface area contributed by atoms with Crippen LogP contribution in [0, 0.1) is 0 Å². The standard InChI is InChI=1S/C14H25N3O3/c15-8-11-6-7-12(20-11)14(19)16-9-13(18)17-10-4-2-1-3-5-10/h10-12H,1-9,15H2,(H,16,19)(H,17,18)/t11-,12+/m1/s1. The van der Waals surface area contributed by atoms with E-state index in [0.717, 1.165) is 19.3 Å². The van der Waals surface area contributed by atoms with Crippen LogP contribution in [0.15, 0.2) is 0 Å². The molecule has 6 nitrogen and oxygen atoms in total. The van der Waals surface area contributed by atoms with E-state index < -0.39 is 6.10 Å². The highest BCUT2D eigenvalue weighted by Gasteiger charge is 2.29. The Bertz CT molecular complexity index is 343. The van der Waals surface area contributed by atoms with E-state index in [0.29, 0.717) is 13.0 Å². The fourth-order valence-electron chi connectivity index (χ4n) is 2.88. The molecule has 1 saturated carbocycles. The van der Waals surface area contributed by atoms with Crippen LogP contribution >= 0.6 is 0 Å². The minimum absolute atomic E-state index is 0.0261. The summed E-state index contributed by atoms with van der Waals surface area (Å²) in [6.07, 6.45) is 6.70. The van der Waals surface area contributed by atoms with Crippen molar-refractivity contribution in [2.45, 2.75) is 63.2 Å². The molecule has 1 saturated heterocycles. The molecule has 0 aromatic heterocycles. The Morgan fingerprint density at radius 3 is 2.50 bits per heavy atom. The van der Waals surface area contributed by atoms with Gasteiger partial charge in [0.25, 0.3) is 0 Å². The molecule has 1 heterocycles. The summed E-state index contributed by atoms with van der Waals surface area (Å²) in [5.74, 6) is -0.321. The molecule has 2 rings (SSSR count). The summed E-state index contributed by atoms with van der Waals surface area (Å²) in [4.78, 5) is 23.6. The second kappa shape index (κ2) is 7.59. The summed E-state index contributed by atoms with van der Waals surface area (Å²) in [6, 6.07) is 0.275. The van der Waals surface area contributed by atoms with Crippen LogP contribution in [-0.2, 0) is 14.3 Å². The molecular formula is C14H25N3O3. The van der Waals surface area contributed by atoms with Gasteiger partial charge in [0.1, 0.15) is 6.10 Å². The van der Waals surface area contributed by atoms with E-state index in [1.54, 1.807) is 0 Å². The molecule has 1 aliphatic heterocycles. The quantitative estimate of drug-likeness (QED) is 0.665. The summed E-state index contributed by atoms with van der Waals surface area (Å²) < 4.78 is 5.49. The summed E-state index contributed by atoms with van der Waals surface area (Å²) in [5.41, 5.74) is 5.50. The number of carbonyl (C=O) groups excluding carboxylic acids is 2. The van der Waals surface area contributed by atoms with Gasteiger partial charge in [-0.2, -0.15) is 0 Å². The fourth-order valence-corrected chi connectivity index (χ4v) is 2.88. The fraction of sp³-hybridized carbons (Fsp3) is 0.857. The Kier molecular flexibility index (Phi) is 5.79. The minimum Gasteiger partial charge on any atom is -0.364 e. The topological polar surface area (TPSA) is 93.5 Å². The molecule has 1 aliphatic carbocycles. The molecule has 0 aromatic rings. The molecule has 2 aliphatic rings. The Morgan fingerprint density at radius 1 is 1.10 bits per heavy atom. The van der Waals surface area contributed by atoms with Crippen LogP contribution in [0.1, 0.15) is 44.9 Å². The van der Waals surface area contributed by atoms with E-state index in [1.165, 1.54) is 19.3 Å². The van der Waals surface area contributed by atoms with E-state index in [2.05, 4.69) is 10.6 Å². The van der Waals surface area contributed by atoms with Crippen molar-refractivity contribution in [2.75, 3.05) is 13.1 Å². The minimum atomic E-state index is -0.453. The Balaban J connectivity index is 1.64. The van der Waals surface area contributed by atoms with Crippen LogP contribution in [-0.4, -0.2) is 43.2 Å². The van der Waals surface area contributed by atoms with Crippen LogP contribution in [0.4, 0.5) is 0 Å². The van der Waals surface area contributed by atoms with Crippen LogP contribution in [0.2, 0.25) is 0 Å². The third kappa shape index (κ3) is 4.45. The third-order valence-electron chi connectivity index (χ3n) is 4.06. The highest BCUT2D eigenvalue weighted by atomic mass is 16.5. The zero-order valence-corrected chi connectivity index (χ0v) is 11.9. The predicted octanol–water partition coefficient (Wildman–Crippen LogP) is 0.0578. The molecule has 114 valence electrons. The van der Waals surface area contributed by atoms with Gasteiger partial charge in [-0.3, -0.25) is 9.59 Å². The average Bonchev–Trinajstić information content (AvgIpc) is 2.95. The number of hydrogen-bond acceptors (Lipinski definition) is 4. The highest BCUT2D eigenvalue weighted by Crippen LogP contribution is 2.19. The molecule has 4 N–H and O–H groups in total. The van der Waals surface area contributed by atoms with Gasteiger partial charge < -0.3 is 21.1 Å². The molecule has 0 aromatic carbocycles. The third-order valence-corrected chi connectivity index (χ3v) is 4.06. The number of amides is 2. The van der Waals surface area contributed by atoms with Gasteiger partial charge in [-0.25, -0.2) is 0 Å². The monoisotopic (exact) mass is 283 g/mol. The maximum Gasteiger partial charge on any atom is 0.249 e. The van der Waals surface area contributed by atoms with E-state index in [9.17, 15) is 9.59 Å². The van der Waals surface area contributed by atoms with Crippen molar-refractivity contribution >= 4 is 11.8 Å². The van der Waals surface area contributed by atoms with Gasteiger partial charge in [0.2, 0.25) is 11.8 Å². The maximum absolute atomic E-state index is 11.8. The first-order valence-corrected chi connectivity index (χ1v) is 7.61. The second-order valence-corrected chi connectivity index (χ2v) is 5.68. The Morgan fingerprint density at radius 2 is 1.85 bits per heavy atom. The lowest BCUT2D eigenvalue weighted by Gasteiger charge is -2.23. The van der Waals surface area contributed by atoms with Crippen LogP contribution in [0.5, 0.6) is 0 Å². The molecule has 2 atom stereocenters. The number of nitrogens with one attached hydrogen (secondary N) is 2. The number of carbonyl (C=O) groups is 2. The summed E-state index contributed by atoms with van der Waals surface area (Å²) >= 11 is 0. The molecule has 0 radical (unpaired) electrons. The van der Waals surface area contributed by atoms with Gasteiger partial charge in [-0.05, 0) is 25.7 Å². The van der Waals surface area contributed by atoms with Crippen molar-refractivity contribution in [3.8, 4) is 0 Å². The Hall–Kier alpha value is -1.14. The summed E-state index contributed by atoms with van der Waals surface area (Å²) in [7, 11) is 0. The van der Waals surface area contributed by atoms with Gasteiger partial charge in [-0.15, -0.1) is 0 Å². The first kappa shape index (κ1) is 15.3. The normalized spacial score (nSPS) is 27.2. The van der Waals surface area contributed by atoms with Gasteiger partial charge in [0, 0.05) is 12.6 Å². The maximum atomic E-state index is 11.8. The SMILES string of the molecule is NC[C@H]1CC[C@@H](C(=O)NCC(=O)NC2CCCCC2)O1. The van der Waals surface area contributed by atoms with Gasteiger partial charge in [0.05, 0.1) is 12.6 Å². The molecular weight excluding hydrogens is 258 g/mol. The average molecular weight is 283 g/mol. The number of rotatable bonds is 5. The van der Waals surface area contributed by atoms with Crippen LogP contribution in [0.3, 0.4) is 0 Å². The van der Waals surface area contributed by atoms with Gasteiger partial charge in [0.15, 0.2) is 0 Å². The first-order chi connectivity index (χ1) is 9.69. The summed E-state index contributed by atoms with van der Waals surface area (Å²) in [6.45, 7) is 0.467. The van der Waals surface area contributed by atoms with E-state index in [1.807, 2.05) is 0 Å². The number of hydrogen-bond donors (Lipinski definition) is 3. The van der Waals surface area contributed by atoms with Gasteiger partial charge >= 0.3 is 0 Å². The van der Waals surface area contributed by atoms with Crippen molar-refractivity contribution in [2.24, 2.45) is 5.73 Å². The van der Waals surface area contributed by atoms with Crippen molar-refractivity contribution < 1.29 is 14.3 Å². The van der Waals surface area contributed by atoms with E-state index in [4.69, 9.17) is 10.5 Å². The zero-order chi connectivity index (χ0) is 14.4. The molecule has 2 amide bonds. The van der Waals surface area contributed by atoms with Crippen molar-refractivity contribution in [1.29, 1.82) is 0 Å². The van der Waals surface area contributed by atoms with Crippen molar-refractivity contribution in [1.82, 2.24) is 10.6 Å². The molecule has 0 bridgehead atoms. The lowest BCUT2D eigenvalue weighted by Crippen LogP contribution is -2.45. The number of ether oxygens (including phenoxy) is 1. The van der Waals surface area contributed by atoms with E-state index >= 15 is 0 Å². The highest BCUT2D eigenvalue weighted by molar-refractivity contribution is 5.87. The molecule has 6 heteroatoms. The lowest BCUT2D eigenvalue weighted by molar-refractivity contribution is -0.134. The smallest absolute Gasteiger partial charge is 0.249 e. The molecule has 2 fully saturated rings. The number of nitrogens with two attached hydrogens (primary N) is 1. The van der Waals surface area contributed by atoms with Crippen LogP contribution < -0.4 is 16.4 Å². The van der Waals surface area contributed by atoms with Crippen molar-refractivity contribution in [3.05, 3.63) is 0 Å². The summed E-state index contributed by atoms with van der Waals surface area (Å²) in [5, 5.41) is 5.61.